The van der Waals surface area contributed by atoms with E-state index in [0.29, 0.717) is 18.3 Å². The second-order valence-corrected chi connectivity index (χ2v) is 4.84. The second-order valence-electron chi connectivity index (χ2n) is 4.84. The molecule has 0 aliphatic heterocycles. The Morgan fingerprint density at radius 1 is 1.07 bits per heavy atom. The summed E-state index contributed by atoms with van der Waals surface area (Å²) < 4.78 is 36.2. The Kier molecular flexibility index (Phi) is 4.94. The van der Waals surface area contributed by atoms with E-state index >= 15 is 0 Å². The van der Waals surface area contributed by atoms with Gasteiger partial charge >= 0.3 is 6.18 Å². The first-order valence-corrected chi connectivity index (χ1v) is 6.08. The molecule has 1 fully saturated rings. The summed E-state index contributed by atoms with van der Waals surface area (Å²) in [5.74, 6) is 1.03. The van der Waals surface area contributed by atoms with Crippen molar-refractivity contribution < 1.29 is 13.2 Å². The van der Waals surface area contributed by atoms with Crippen LogP contribution in [0.4, 0.5) is 13.2 Å². The highest BCUT2D eigenvalue weighted by Gasteiger charge is 2.30. The molecule has 0 aromatic carbocycles. The van der Waals surface area contributed by atoms with Crippen molar-refractivity contribution in [2.75, 3.05) is 0 Å². The molecule has 2 atom stereocenters. The lowest BCUT2D eigenvalue weighted by atomic mass is 9.77. The molecule has 0 N–H and O–H groups in total. The summed E-state index contributed by atoms with van der Waals surface area (Å²) >= 11 is 0. The molecule has 0 radical (unpaired) electrons. The Bertz CT molecular complexity index is 172. The summed E-state index contributed by atoms with van der Waals surface area (Å²) in [6.07, 6.45) is 2.57. The smallest absolute Gasteiger partial charge is 0.171 e. The third-order valence-electron chi connectivity index (χ3n) is 3.42. The Labute approximate surface area is 90.2 Å². The van der Waals surface area contributed by atoms with Crippen molar-refractivity contribution >= 4 is 0 Å². The first-order chi connectivity index (χ1) is 7.01. The van der Waals surface area contributed by atoms with Crippen molar-refractivity contribution in [2.24, 2.45) is 11.8 Å². The van der Waals surface area contributed by atoms with Crippen molar-refractivity contribution in [3.8, 4) is 0 Å². The summed E-state index contributed by atoms with van der Waals surface area (Å²) in [7, 11) is 0. The molecule has 15 heavy (non-hydrogen) atoms. The third-order valence-corrected chi connectivity index (χ3v) is 3.42. The summed E-state index contributed by atoms with van der Waals surface area (Å²) in [5, 5.41) is 0. The highest BCUT2D eigenvalue weighted by Crippen LogP contribution is 2.36. The quantitative estimate of drug-likeness (QED) is 0.632. The molecule has 0 saturated heterocycles. The largest absolute Gasteiger partial charge is 0.389 e. The van der Waals surface area contributed by atoms with Gasteiger partial charge < -0.3 is 0 Å². The average molecular weight is 222 g/mol. The first kappa shape index (κ1) is 12.9. The van der Waals surface area contributed by atoms with Crippen molar-refractivity contribution in [3.63, 3.8) is 0 Å². The topological polar surface area (TPSA) is 0 Å². The minimum atomic E-state index is -3.96. The fraction of sp³-hybridized carbons (Fsp3) is 1.00. The average Bonchev–Trinajstić information content (AvgIpc) is 2.15. The molecule has 2 unspecified atom stereocenters. The van der Waals surface area contributed by atoms with Crippen LogP contribution in [-0.4, -0.2) is 6.18 Å². The number of alkyl halides is 3. The van der Waals surface area contributed by atoms with Crippen LogP contribution in [0, 0.1) is 11.8 Å². The van der Waals surface area contributed by atoms with Gasteiger partial charge in [-0.3, -0.25) is 0 Å². The fourth-order valence-electron chi connectivity index (χ4n) is 2.70. The number of halogens is 3. The molecule has 0 spiro atoms. The van der Waals surface area contributed by atoms with Gasteiger partial charge in [0.15, 0.2) is 0 Å². The molecule has 0 amide bonds. The fourth-order valence-corrected chi connectivity index (χ4v) is 2.70. The molecular weight excluding hydrogens is 201 g/mol. The standard InChI is InChI=1S/C12H21F3/c1-2-4-10-5-3-6-11(9-10)7-8-12(13,14)15/h10-11H,2-9H2,1H3. The number of rotatable bonds is 4. The van der Waals surface area contributed by atoms with Gasteiger partial charge in [0.1, 0.15) is 0 Å². The Hall–Kier alpha value is -0.210. The van der Waals surface area contributed by atoms with E-state index in [4.69, 9.17) is 0 Å². The molecule has 1 rings (SSSR count). The summed E-state index contributed by atoms with van der Waals surface area (Å²) in [6.45, 7) is 2.15. The van der Waals surface area contributed by atoms with Crippen molar-refractivity contribution in [1.82, 2.24) is 0 Å². The van der Waals surface area contributed by atoms with Crippen LogP contribution in [0.25, 0.3) is 0 Å². The molecule has 0 bridgehead atoms. The lowest BCUT2D eigenvalue weighted by Crippen LogP contribution is -2.18. The van der Waals surface area contributed by atoms with Gasteiger partial charge in [-0.05, 0) is 24.7 Å². The van der Waals surface area contributed by atoms with E-state index in [-0.39, 0.29) is 0 Å². The Morgan fingerprint density at radius 2 is 1.67 bits per heavy atom. The van der Waals surface area contributed by atoms with Crippen LogP contribution in [0.2, 0.25) is 0 Å². The second kappa shape index (κ2) is 5.76. The van der Waals surface area contributed by atoms with E-state index in [1.807, 2.05) is 0 Å². The maximum absolute atomic E-state index is 12.1. The zero-order valence-corrected chi connectivity index (χ0v) is 9.45. The Balaban J connectivity index is 2.24. The minimum absolute atomic E-state index is 0.330. The molecule has 3 heteroatoms. The molecule has 0 aromatic rings. The van der Waals surface area contributed by atoms with Crippen LogP contribution in [0.1, 0.15) is 58.3 Å². The van der Waals surface area contributed by atoms with E-state index in [1.54, 1.807) is 0 Å². The van der Waals surface area contributed by atoms with Gasteiger partial charge in [0.25, 0.3) is 0 Å². The zero-order valence-electron chi connectivity index (χ0n) is 9.45. The Morgan fingerprint density at radius 3 is 2.20 bits per heavy atom. The van der Waals surface area contributed by atoms with Gasteiger partial charge in [0.2, 0.25) is 0 Å². The number of hydrogen-bond acceptors (Lipinski definition) is 0. The van der Waals surface area contributed by atoms with Gasteiger partial charge in [-0.25, -0.2) is 0 Å². The molecule has 1 saturated carbocycles. The summed E-state index contributed by atoms with van der Waals surface area (Å²) in [6, 6.07) is 0. The molecular formula is C12H21F3. The SMILES string of the molecule is CCCC1CCCC(CCC(F)(F)F)C1. The lowest BCUT2D eigenvalue weighted by Gasteiger charge is -2.29. The maximum atomic E-state index is 12.1. The first-order valence-electron chi connectivity index (χ1n) is 6.08. The monoisotopic (exact) mass is 222 g/mol. The molecule has 90 valence electrons. The molecule has 0 aromatic heterocycles. The predicted molar refractivity (Wildman–Crippen MR) is 55.6 cm³/mol. The molecule has 1 aliphatic carbocycles. The van der Waals surface area contributed by atoms with Crippen molar-refractivity contribution in [1.29, 1.82) is 0 Å². The lowest BCUT2D eigenvalue weighted by molar-refractivity contribution is -0.138. The van der Waals surface area contributed by atoms with E-state index in [1.165, 1.54) is 12.8 Å². The van der Waals surface area contributed by atoms with Gasteiger partial charge in [-0.2, -0.15) is 13.2 Å². The molecule has 1 aliphatic rings. The normalized spacial score (nSPS) is 28.0. The van der Waals surface area contributed by atoms with Crippen LogP contribution in [0.15, 0.2) is 0 Å². The summed E-state index contributed by atoms with van der Waals surface area (Å²) in [5.41, 5.74) is 0. The van der Waals surface area contributed by atoms with Crippen LogP contribution < -0.4 is 0 Å². The van der Waals surface area contributed by atoms with Crippen LogP contribution >= 0.6 is 0 Å². The number of hydrogen-bond donors (Lipinski definition) is 0. The van der Waals surface area contributed by atoms with Crippen LogP contribution in [-0.2, 0) is 0 Å². The van der Waals surface area contributed by atoms with Crippen LogP contribution in [0.5, 0.6) is 0 Å². The van der Waals surface area contributed by atoms with Gasteiger partial charge in [0.05, 0.1) is 0 Å². The molecule has 0 heterocycles. The summed E-state index contributed by atoms with van der Waals surface area (Å²) in [4.78, 5) is 0. The van der Waals surface area contributed by atoms with Gasteiger partial charge in [-0.1, -0.05) is 39.0 Å². The zero-order chi connectivity index (χ0) is 11.3. The third kappa shape index (κ3) is 5.43. The van der Waals surface area contributed by atoms with Crippen molar-refractivity contribution in [2.45, 2.75) is 64.5 Å². The highest BCUT2D eigenvalue weighted by molar-refractivity contribution is 4.73. The minimum Gasteiger partial charge on any atom is -0.171 e. The van der Waals surface area contributed by atoms with E-state index in [9.17, 15) is 13.2 Å². The van der Waals surface area contributed by atoms with Crippen molar-refractivity contribution in [3.05, 3.63) is 0 Å². The van der Waals surface area contributed by atoms with E-state index in [2.05, 4.69) is 6.92 Å². The van der Waals surface area contributed by atoms with Crippen LogP contribution in [0.3, 0.4) is 0 Å². The highest BCUT2D eigenvalue weighted by atomic mass is 19.4. The maximum Gasteiger partial charge on any atom is 0.389 e. The van der Waals surface area contributed by atoms with Gasteiger partial charge in [0, 0.05) is 6.42 Å². The predicted octanol–water partition coefficient (Wildman–Crippen LogP) is 4.94. The van der Waals surface area contributed by atoms with E-state index in [0.717, 1.165) is 25.7 Å². The molecule has 0 nitrogen and oxygen atoms in total. The van der Waals surface area contributed by atoms with E-state index < -0.39 is 12.6 Å². The van der Waals surface area contributed by atoms with Gasteiger partial charge in [-0.15, -0.1) is 0 Å².